The van der Waals surface area contributed by atoms with Gasteiger partial charge in [-0.1, -0.05) is 6.07 Å². The maximum Gasteiger partial charge on any atom is 0.254 e. The highest BCUT2D eigenvalue weighted by Gasteiger charge is 2.39. The number of hydrogen-bond donors (Lipinski definition) is 1. The van der Waals surface area contributed by atoms with E-state index in [1.807, 2.05) is 13.0 Å². The predicted octanol–water partition coefficient (Wildman–Crippen LogP) is 1.21. The van der Waals surface area contributed by atoms with Crippen LogP contribution < -0.4 is 4.74 Å². The minimum absolute atomic E-state index is 0.0603. The summed E-state index contributed by atoms with van der Waals surface area (Å²) in [4.78, 5) is 13.7. The predicted molar refractivity (Wildman–Crippen MR) is 64.3 cm³/mol. The number of carbonyl (C=O) groups excluding carboxylic acids is 1. The topological polar surface area (TPSA) is 49.8 Å². The highest BCUT2D eigenvalue weighted by Crippen LogP contribution is 2.25. The van der Waals surface area contributed by atoms with E-state index in [1.165, 1.54) is 0 Å². The average molecular weight is 235 g/mol. The van der Waals surface area contributed by atoms with E-state index in [1.54, 1.807) is 31.1 Å². The SMILES string of the molecule is COc1cc(C(=O)N2CC(C)(O)C2)ccc1C. The minimum Gasteiger partial charge on any atom is -0.496 e. The maximum atomic E-state index is 12.1. The van der Waals surface area contributed by atoms with Crippen molar-refractivity contribution in [3.8, 4) is 5.75 Å². The molecule has 4 heteroatoms. The standard InChI is InChI=1S/C13H17NO3/c1-9-4-5-10(6-11(9)17-3)12(15)14-7-13(2,16)8-14/h4-6,16H,7-8H2,1-3H3. The molecule has 1 saturated heterocycles. The third-order valence-electron chi connectivity index (χ3n) is 3.01. The third kappa shape index (κ3) is 2.26. The molecule has 1 aliphatic rings. The maximum absolute atomic E-state index is 12.1. The molecule has 0 unspecified atom stereocenters. The van der Waals surface area contributed by atoms with Gasteiger partial charge in [0.05, 0.1) is 25.8 Å². The van der Waals surface area contributed by atoms with Crippen LogP contribution in [0.25, 0.3) is 0 Å². The van der Waals surface area contributed by atoms with Gasteiger partial charge < -0.3 is 14.7 Å². The van der Waals surface area contributed by atoms with Crippen molar-refractivity contribution in [2.24, 2.45) is 0 Å². The molecule has 1 amide bonds. The van der Waals surface area contributed by atoms with Gasteiger partial charge in [0, 0.05) is 5.56 Å². The Balaban J connectivity index is 2.15. The lowest BCUT2D eigenvalue weighted by atomic mass is 9.95. The van der Waals surface area contributed by atoms with Gasteiger partial charge in [0.15, 0.2) is 0 Å². The van der Waals surface area contributed by atoms with Crippen molar-refractivity contribution in [1.82, 2.24) is 4.90 Å². The minimum atomic E-state index is -0.732. The number of likely N-dealkylation sites (tertiary alicyclic amines) is 1. The van der Waals surface area contributed by atoms with E-state index in [9.17, 15) is 9.90 Å². The normalized spacial score (nSPS) is 17.5. The Hall–Kier alpha value is -1.55. The molecule has 17 heavy (non-hydrogen) atoms. The lowest BCUT2D eigenvalue weighted by Gasteiger charge is -2.44. The van der Waals surface area contributed by atoms with Gasteiger partial charge in [-0.05, 0) is 31.5 Å². The van der Waals surface area contributed by atoms with Gasteiger partial charge in [0.25, 0.3) is 5.91 Å². The number of β-amino-alcohol motifs (C(OH)–C–C–N with tert-alkyl or cyclic N) is 1. The second kappa shape index (κ2) is 4.04. The molecule has 92 valence electrons. The first-order valence-corrected chi connectivity index (χ1v) is 5.59. The summed E-state index contributed by atoms with van der Waals surface area (Å²) in [5.41, 5.74) is 0.868. The highest BCUT2D eigenvalue weighted by molar-refractivity contribution is 5.95. The molecule has 1 N–H and O–H groups in total. The zero-order chi connectivity index (χ0) is 12.6. The second-order valence-corrected chi connectivity index (χ2v) is 4.84. The summed E-state index contributed by atoms with van der Waals surface area (Å²) in [6.07, 6.45) is 0. The number of benzene rings is 1. The lowest BCUT2D eigenvalue weighted by Crippen LogP contribution is -2.61. The van der Waals surface area contributed by atoms with Crippen LogP contribution >= 0.6 is 0 Å². The van der Waals surface area contributed by atoms with Crippen molar-refractivity contribution in [1.29, 1.82) is 0 Å². The summed E-state index contributed by atoms with van der Waals surface area (Å²) in [5, 5.41) is 9.61. The molecule has 0 bridgehead atoms. The number of amides is 1. The van der Waals surface area contributed by atoms with E-state index in [2.05, 4.69) is 0 Å². The first-order chi connectivity index (χ1) is 7.93. The van der Waals surface area contributed by atoms with Gasteiger partial charge in [-0.2, -0.15) is 0 Å². The molecule has 1 aromatic rings. The van der Waals surface area contributed by atoms with E-state index in [4.69, 9.17) is 4.74 Å². The molecule has 1 aliphatic heterocycles. The van der Waals surface area contributed by atoms with E-state index in [-0.39, 0.29) is 5.91 Å². The molecule has 0 aromatic heterocycles. The summed E-state index contributed by atoms with van der Waals surface area (Å²) in [6.45, 7) is 4.44. The van der Waals surface area contributed by atoms with E-state index >= 15 is 0 Å². The number of aryl methyl sites for hydroxylation is 1. The van der Waals surface area contributed by atoms with Crippen molar-refractivity contribution in [3.05, 3.63) is 29.3 Å². The fourth-order valence-corrected chi connectivity index (χ4v) is 2.06. The molecule has 0 radical (unpaired) electrons. The number of hydrogen-bond acceptors (Lipinski definition) is 3. The van der Waals surface area contributed by atoms with Crippen molar-refractivity contribution in [2.75, 3.05) is 20.2 Å². The van der Waals surface area contributed by atoms with Crippen molar-refractivity contribution in [3.63, 3.8) is 0 Å². The second-order valence-electron chi connectivity index (χ2n) is 4.84. The van der Waals surface area contributed by atoms with Crippen molar-refractivity contribution >= 4 is 5.91 Å². The summed E-state index contributed by atoms with van der Waals surface area (Å²) in [5.74, 6) is 0.651. The van der Waals surface area contributed by atoms with E-state index in [0.29, 0.717) is 24.4 Å². The summed E-state index contributed by atoms with van der Waals surface area (Å²) in [6, 6.07) is 5.39. The molecule has 1 heterocycles. The zero-order valence-electron chi connectivity index (χ0n) is 10.4. The van der Waals surface area contributed by atoms with Gasteiger partial charge in [-0.15, -0.1) is 0 Å². The van der Waals surface area contributed by atoms with Gasteiger partial charge in [0.2, 0.25) is 0 Å². The summed E-state index contributed by atoms with van der Waals surface area (Å²) >= 11 is 0. The summed E-state index contributed by atoms with van der Waals surface area (Å²) < 4.78 is 5.19. The highest BCUT2D eigenvalue weighted by atomic mass is 16.5. The van der Waals surface area contributed by atoms with Crippen LogP contribution in [0.4, 0.5) is 0 Å². The van der Waals surface area contributed by atoms with E-state index < -0.39 is 5.60 Å². The molecule has 0 atom stereocenters. The molecule has 1 aromatic carbocycles. The Kier molecular flexibility index (Phi) is 2.83. The Morgan fingerprint density at radius 2 is 2.12 bits per heavy atom. The lowest BCUT2D eigenvalue weighted by molar-refractivity contribution is -0.0668. The first-order valence-electron chi connectivity index (χ1n) is 5.59. The third-order valence-corrected chi connectivity index (χ3v) is 3.01. The molecule has 2 rings (SSSR count). The van der Waals surface area contributed by atoms with Crippen LogP contribution in [-0.4, -0.2) is 41.7 Å². The first kappa shape index (κ1) is 11.9. The van der Waals surface area contributed by atoms with Crippen LogP contribution in [-0.2, 0) is 0 Å². The molecule has 1 fully saturated rings. The van der Waals surface area contributed by atoms with Crippen LogP contribution in [0.5, 0.6) is 5.75 Å². The molecular formula is C13H17NO3. The smallest absolute Gasteiger partial charge is 0.254 e. The van der Waals surface area contributed by atoms with Crippen LogP contribution in [0.2, 0.25) is 0 Å². The Morgan fingerprint density at radius 3 is 2.65 bits per heavy atom. The number of nitrogens with zero attached hydrogens (tertiary/aromatic N) is 1. The van der Waals surface area contributed by atoms with Crippen LogP contribution in [0.15, 0.2) is 18.2 Å². The number of carbonyl (C=O) groups is 1. The van der Waals surface area contributed by atoms with Gasteiger partial charge in [-0.25, -0.2) is 0 Å². The number of aliphatic hydroxyl groups is 1. The zero-order valence-corrected chi connectivity index (χ0v) is 10.4. The summed E-state index contributed by atoms with van der Waals surface area (Å²) in [7, 11) is 1.59. The van der Waals surface area contributed by atoms with Gasteiger partial charge in [-0.3, -0.25) is 4.79 Å². The monoisotopic (exact) mass is 235 g/mol. The number of methoxy groups -OCH3 is 1. The molecule has 0 spiro atoms. The van der Waals surface area contributed by atoms with Crippen molar-refractivity contribution < 1.29 is 14.6 Å². The van der Waals surface area contributed by atoms with Crippen LogP contribution in [0.1, 0.15) is 22.8 Å². The molecular weight excluding hydrogens is 218 g/mol. The number of rotatable bonds is 2. The van der Waals surface area contributed by atoms with Gasteiger partial charge in [0.1, 0.15) is 5.75 Å². The average Bonchev–Trinajstić information content (AvgIpc) is 2.25. The fraction of sp³-hybridized carbons (Fsp3) is 0.462. The molecule has 4 nitrogen and oxygen atoms in total. The largest absolute Gasteiger partial charge is 0.496 e. The Bertz CT molecular complexity index is 446. The quantitative estimate of drug-likeness (QED) is 0.838. The van der Waals surface area contributed by atoms with Crippen LogP contribution in [0.3, 0.4) is 0 Å². The van der Waals surface area contributed by atoms with Gasteiger partial charge >= 0.3 is 0 Å². The Labute approximate surface area is 101 Å². The molecule has 0 aliphatic carbocycles. The molecule has 0 saturated carbocycles. The van der Waals surface area contributed by atoms with E-state index in [0.717, 1.165) is 5.56 Å². The van der Waals surface area contributed by atoms with Crippen LogP contribution in [0, 0.1) is 6.92 Å². The fourth-order valence-electron chi connectivity index (χ4n) is 2.06. The Morgan fingerprint density at radius 1 is 1.47 bits per heavy atom. The number of ether oxygens (including phenoxy) is 1. The van der Waals surface area contributed by atoms with Crippen molar-refractivity contribution in [2.45, 2.75) is 19.4 Å².